The fourth-order valence-electron chi connectivity index (χ4n) is 2.48. The van der Waals surface area contributed by atoms with Crippen molar-refractivity contribution in [3.63, 3.8) is 0 Å². The topological polar surface area (TPSA) is 120 Å². The van der Waals surface area contributed by atoms with Gasteiger partial charge in [0, 0.05) is 24.6 Å². The van der Waals surface area contributed by atoms with Gasteiger partial charge in [-0.1, -0.05) is 0 Å². The Hall–Kier alpha value is -1.85. The molecule has 1 atom stereocenters. The Morgan fingerprint density at radius 3 is 2.70 bits per heavy atom. The molecule has 0 aliphatic carbocycles. The zero-order chi connectivity index (χ0) is 15.1. The number of amides is 1. The lowest BCUT2D eigenvalue weighted by atomic mass is 10.1. The Morgan fingerprint density at radius 1 is 1.50 bits per heavy atom. The molecule has 0 saturated carbocycles. The quantitative estimate of drug-likeness (QED) is 0.824. The third-order valence-corrected chi connectivity index (χ3v) is 4.47. The van der Waals surface area contributed by atoms with Crippen LogP contribution >= 0.6 is 0 Å². The van der Waals surface area contributed by atoms with Gasteiger partial charge in [-0.2, -0.15) is 5.26 Å². The Labute approximate surface area is 117 Å². The van der Waals surface area contributed by atoms with Gasteiger partial charge in [0.1, 0.15) is 11.9 Å². The molecule has 1 aromatic heterocycles. The first-order valence-electron chi connectivity index (χ1n) is 6.13. The average molecular weight is 296 g/mol. The van der Waals surface area contributed by atoms with Crippen LogP contribution < -0.4 is 10.0 Å². The highest BCUT2D eigenvalue weighted by atomic mass is 32.2. The number of hydrogen-bond donors (Lipinski definition) is 2. The van der Waals surface area contributed by atoms with Crippen LogP contribution in [0.4, 0.5) is 5.82 Å². The molecule has 1 saturated heterocycles. The summed E-state index contributed by atoms with van der Waals surface area (Å²) in [6, 6.07) is 2.08. The first kappa shape index (κ1) is 14.6. The summed E-state index contributed by atoms with van der Waals surface area (Å²) in [5.74, 6) is -0.315. The van der Waals surface area contributed by atoms with Crippen LogP contribution in [-0.4, -0.2) is 31.6 Å². The van der Waals surface area contributed by atoms with Crippen molar-refractivity contribution in [3.05, 3.63) is 16.8 Å². The maximum atomic E-state index is 12.0. The summed E-state index contributed by atoms with van der Waals surface area (Å²) in [7, 11) is -3.61. The number of H-pyrrole nitrogens is 1. The van der Waals surface area contributed by atoms with Crippen LogP contribution in [0.5, 0.6) is 0 Å². The number of sulfonamides is 1. The van der Waals surface area contributed by atoms with Crippen molar-refractivity contribution in [1.82, 2.24) is 4.98 Å². The predicted molar refractivity (Wildman–Crippen MR) is 73.4 cm³/mol. The second kappa shape index (κ2) is 4.92. The molecule has 1 aliphatic heterocycles. The van der Waals surface area contributed by atoms with Gasteiger partial charge in [-0.25, -0.2) is 13.6 Å². The highest BCUT2D eigenvalue weighted by Gasteiger charge is 2.35. The number of carbonyl (C=O) groups is 1. The molecule has 0 aromatic carbocycles. The van der Waals surface area contributed by atoms with E-state index in [0.29, 0.717) is 11.4 Å². The van der Waals surface area contributed by atoms with Crippen LogP contribution in [-0.2, 0) is 14.8 Å². The number of anilines is 1. The molecule has 1 unspecified atom stereocenters. The van der Waals surface area contributed by atoms with Crippen molar-refractivity contribution >= 4 is 21.7 Å². The summed E-state index contributed by atoms with van der Waals surface area (Å²) < 4.78 is 22.2. The number of aromatic amines is 1. The second-order valence-electron chi connectivity index (χ2n) is 5.11. The first-order chi connectivity index (χ1) is 9.23. The third kappa shape index (κ3) is 2.69. The van der Waals surface area contributed by atoms with Crippen LogP contribution in [0, 0.1) is 31.1 Å². The van der Waals surface area contributed by atoms with Gasteiger partial charge in [0.25, 0.3) is 0 Å². The SMILES string of the molecule is Cc1[nH]c(N2CC(CS(N)(=O)=O)CC2=O)c(C#N)c1C. The standard InChI is InChI=1S/C12H16N4O3S/c1-7-8(2)15-12(10(7)4-13)16-5-9(3-11(16)17)6-20(14,18)19/h9,15H,3,5-6H2,1-2H3,(H2,14,18,19). The molecule has 0 radical (unpaired) electrons. The number of nitrogens with zero attached hydrogens (tertiary/aromatic N) is 2. The third-order valence-electron chi connectivity index (χ3n) is 3.54. The maximum absolute atomic E-state index is 12.0. The van der Waals surface area contributed by atoms with E-state index < -0.39 is 10.0 Å². The smallest absolute Gasteiger partial charge is 0.228 e. The fraction of sp³-hybridized carbons (Fsp3) is 0.500. The first-order valence-corrected chi connectivity index (χ1v) is 7.84. The van der Waals surface area contributed by atoms with Gasteiger partial charge in [-0.05, 0) is 19.4 Å². The van der Waals surface area contributed by atoms with E-state index >= 15 is 0 Å². The van der Waals surface area contributed by atoms with Gasteiger partial charge < -0.3 is 4.98 Å². The number of aromatic nitrogens is 1. The number of aryl methyl sites for hydroxylation is 1. The van der Waals surface area contributed by atoms with Gasteiger partial charge in [0.15, 0.2) is 0 Å². The maximum Gasteiger partial charge on any atom is 0.228 e. The van der Waals surface area contributed by atoms with E-state index in [1.54, 1.807) is 6.92 Å². The van der Waals surface area contributed by atoms with E-state index in [1.807, 2.05) is 6.92 Å². The number of nitrogens with one attached hydrogen (secondary N) is 1. The van der Waals surface area contributed by atoms with Gasteiger partial charge >= 0.3 is 0 Å². The molecule has 7 nitrogen and oxygen atoms in total. The van der Waals surface area contributed by atoms with Crippen molar-refractivity contribution in [2.24, 2.45) is 11.1 Å². The van der Waals surface area contributed by atoms with Crippen molar-refractivity contribution in [3.8, 4) is 6.07 Å². The largest absolute Gasteiger partial charge is 0.344 e. The van der Waals surface area contributed by atoms with Gasteiger partial charge in [0.05, 0.1) is 11.3 Å². The minimum absolute atomic E-state index is 0.123. The van der Waals surface area contributed by atoms with E-state index in [2.05, 4.69) is 11.1 Å². The molecular weight excluding hydrogens is 280 g/mol. The van der Waals surface area contributed by atoms with Crippen molar-refractivity contribution in [2.75, 3.05) is 17.2 Å². The molecule has 1 amide bonds. The number of rotatable bonds is 3. The molecule has 8 heteroatoms. The molecule has 20 heavy (non-hydrogen) atoms. The Balaban J connectivity index is 2.29. The molecular formula is C12H16N4O3S. The van der Waals surface area contributed by atoms with Crippen molar-refractivity contribution in [1.29, 1.82) is 5.26 Å². The summed E-state index contributed by atoms with van der Waals surface area (Å²) in [6.07, 6.45) is 0.123. The second-order valence-corrected chi connectivity index (χ2v) is 6.77. The number of hydrogen-bond acceptors (Lipinski definition) is 4. The van der Waals surface area contributed by atoms with Crippen LogP contribution in [0.2, 0.25) is 0 Å². The summed E-state index contributed by atoms with van der Waals surface area (Å²) in [5.41, 5.74) is 2.04. The lowest BCUT2D eigenvalue weighted by Crippen LogP contribution is -2.28. The number of carbonyl (C=O) groups excluding carboxylic acids is 1. The minimum atomic E-state index is -3.61. The molecule has 1 fully saturated rings. The van der Waals surface area contributed by atoms with E-state index in [-0.39, 0.29) is 30.5 Å². The highest BCUT2D eigenvalue weighted by Crippen LogP contribution is 2.30. The van der Waals surface area contributed by atoms with Crippen molar-refractivity contribution in [2.45, 2.75) is 20.3 Å². The molecule has 2 rings (SSSR count). The van der Waals surface area contributed by atoms with Gasteiger partial charge in [-0.3, -0.25) is 9.69 Å². The number of nitriles is 1. The molecule has 108 valence electrons. The van der Waals surface area contributed by atoms with Gasteiger partial charge in [-0.15, -0.1) is 0 Å². The monoisotopic (exact) mass is 296 g/mol. The zero-order valence-corrected chi connectivity index (χ0v) is 12.1. The molecule has 1 aromatic rings. The van der Waals surface area contributed by atoms with Crippen LogP contribution in [0.15, 0.2) is 0 Å². The van der Waals surface area contributed by atoms with E-state index in [9.17, 15) is 18.5 Å². The number of primary sulfonamides is 1. The Bertz CT molecular complexity index is 699. The Kier molecular flexibility index (Phi) is 3.58. The van der Waals surface area contributed by atoms with Crippen LogP contribution in [0.3, 0.4) is 0 Å². The lowest BCUT2D eigenvalue weighted by Gasteiger charge is -2.15. The van der Waals surface area contributed by atoms with E-state index in [0.717, 1.165) is 11.3 Å². The average Bonchev–Trinajstić information content (AvgIpc) is 2.79. The zero-order valence-electron chi connectivity index (χ0n) is 11.3. The van der Waals surface area contributed by atoms with E-state index in [4.69, 9.17) is 5.14 Å². The molecule has 3 N–H and O–H groups in total. The van der Waals surface area contributed by atoms with E-state index in [1.165, 1.54) is 4.90 Å². The molecule has 1 aliphatic rings. The molecule has 0 bridgehead atoms. The van der Waals surface area contributed by atoms with Crippen LogP contribution in [0.25, 0.3) is 0 Å². The Morgan fingerprint density at radius 2 is 2.15 bits per heavy atom. The van der Waals surface area contributed by atoms with Crippen LogP contribution in [0.1, 0.15) is 23.2 Å². The lowest BCUT2D eigenvalue weighted by molar-refractivity contribution is -0.117. The summed E-state index contributed by atoms with van der Waals surface area (Å²) in [4.78, 5) is 16.5. The number of nitrogens with two attached hydrogens (primary N) is 1. The summed E-state index contributed by atoms with van der Waals surface area (Å²) in [5, 5.41) is 14.2. The molecule has 2 heterocycles. The summed E-state index contributed by atoms with van der Waals surface area (Å²) >= 11 is 0. The minimum Gasteiger partial charge on any atom is -0.344 e. The normalized spacial score (nSPS) is 19.4. The predicted octanol–water partition coefficient (Wildman–Crippen LogP) is 0.145. The highest BCUT2D eigenvalue weighted by molar-refractivity contribution is 7.89. The van der Waals surface area contributed by atoms with Gasteiger partial charge in [0.2, 0.25) is 15.9 Å². The molecule has 0 spiro atoms. The van der Waals surface area contributed by atoms with Crippen molar-refractivity contribution < 1.29 is 13.2 Å². The summed E-state index contributed by atoms with van der Waals surface area (Å²) in [6.45, 7) is 3.88. The fourth-order valence-corrected chi connectivity index (χ4v) is 3.36.